The first-order valence-corrected chi connectivity index (χ1v) is 8.83. The third-order valence-electron chi connectivity index (χ3n) is 4.33. The summed E-state index contributed by atoms with van der Waals surface area (Å²) in [4.78, 5) is 17.1. The molecule has 2 rings (SSSR count). The maximum absolute atomic E-state index is 12.7. The second kappa shape index (κ2) is 6.98. The lowest BCUT2D eigenvalue weighted by Crippen LogP contribution is -2.50. The van der Waals surface area contributed by atoms with Crippen molar-refractivity contribution >= 4 is 17.7 Å². The fourth-order valence-corrected chi connectivity index (χ4v) is 4.44. The van der Waals surface area contributed by atoms with Gasteiger partial charge in [0.15, 0.2) is 0 Å². The van der Waals surface area contributed by atoms with Crippen LogP contribution in [0.5, 0.6) is 0 Å². The van der Waals surface area contributed by atoms with Crippen molar-refractivity contribution in [3.8, 4) is 0 Å². The van der Waals surface area contributed by atoms with Crippen molar-refractivity contribution in [2.24, 2.45) is 5.92 Å². The van der Waals surface area contributed by atoms with Gasteiger partial charge in [0.1, 0.15) is 0 Å². The van der Waals surface area contributed by atoms with Crippen LogP contribution in [0.25, 0.3) is 0 Å². The first-order chi connectivity index (χ1) is 9.09. The standard InChI is InChI=1S/C15H28N2OS/c1-12(2)9-17-11-19-10-14(17)15(18)16(3)13-7-5-4-6-8-13/h12-14H,4-11H2,1-3H3/t14-/m0/s1. The van der Waals surface area contributed by atoms with Gasteiger partial charge in [-0.05, 0) is 18.8 Å². The smallest absolute Gasteiger partial charge is 0.240 e. The van der Waals surface area contributed by atoms with Gasteiger partial charge in [-0.15, -0.1) is 11.8 Å². The second-order valence-corrected chi connectivity index (χ2v) is 7.42. The Labute approximate surface area is 122 Å². The molecule has 3 nitrogen and oxygen atoms in total. The van der Waals surface area contributed by atoms with Crippen LogP contribution >= 0.6 is 11.8 Å². The number of carbonyl (C=O) groups is 1. The number of rotatable bonds is 4. The van der Waals surface area contributed by atoms with Gasteiger partial charge in [0.25, 0.3) is 0 Å². The Morgan fingerprint density at radius 1 is 1.32 bits per heavy atom. The highest BCUT2D eigenvalue weighted by Gasteiger charge is 2.35. The SMILES string of the molecule is CC(C)CN1CSC[C@H]1C(=O)N(C)C1CCCCC1. The van der Waals surface area contributed by atoms with Crippen LogP contribution in [0.1, 0.15) is 46.0 Å². The summed E-state index contributed by atoms with van der Waals surface area (Å²) in [6.45, 7) is 5.51. The molecule has 0 aromatic rings. The first kappa shape index (κ1) is 15.2. The van der Waals surface area contributed by atoms with E-state index in [1.807, 2.05) is 18.8 Å². The van der Waals surface area contributed by atoms with Crippen LogP contribution in [0.4, 0.5) is 0 Å². The third kappa shape index (κ3) is 3.88. The van der Waals surface area contributed by atoms with E-state index in [0.717, 1.165) is 18.2 Å². The van der Waals surface area contributed by atoms with E-state index >= 15 is 0 Å². The summed E-state index contributed by atoms with van der Waals surface area (Å²) in [6.07, 6.45) is 6.32. The number of hydrogen-bond donors (Lipinski definition) is 0. The van der Waals surface area contributed by atoms with Crippen molar-refractivity contribution in [2.45, 2.75) is 58.0 Å². The van der Waals surface area contributed by atoms with E-state index in [1.54, 1.807) is 0 Å². The van der Waals surface area contributed by atoms with Crippen LogP contribution in [-0.4, -0.2) is 53.0 Å². The maximum atomic E-state index is 12.7. The summed E-state index contributed by atoms with van der Waals surface area (Å²) in [7, 11) is 2.02. The summed E-state index contributed by atoms with van der Waals surface area (Å²) >= 11 is 1.90. The molecule has 19 heavy (non-hydrogen) atoms. The molecule has 0 radical (unpaired) electrons. The normalized spacial score (nSPS) is 26.0. The molecule has 2 aliphatic rings. The summed E-state index contributed by atoms with van der Waals surface area (Å²) in [5, 5.41) is 0. The molecule has 1 heterocycles. The molecular formula is C15H28N2OS. The molecule has 1 saturated heterocycles. The van der Waals surface area contributed by atoms with Gasteiger partial charge in [-0.25, -0.2) is 0 Å². The molecule has 1 saturated carbocycles. The van der Waals surface area contributed by atoms with E-state index in [2.05, 4.69) is 23.6 Å². The van der Waals surface area contributed by atoms with Gasteiger partial charge in [0, 0.05) is 31.3 Å². The highest BCUT2D eigenvalue weighted by Crippen LogP contribution is 2.27. The Morgan fingerprint density at radius 2 is 2.00 bits per heavy atom. The minimum atomic E-state index is 0.124. The number of nitrogens with zero attached hydrogens (tertiary/aromatic N) is 2. The molecule has 1 aliphatic heterocycles. The molecule has 110 valence electrons. The summed E-state index contributed by atoms with van der Waals surface area (Å²) in [5.41, 5.74) is 0. The van der Waals surface area contributed by atoms with Gasteiger partial charge in [-0.1, -0.05) is 33.1 Å². The topological polar surface area (TPSA) is 23.6 Å². The van der Waals surface area contributed by atoms with Crippen LogP contribution in [0, 0.1) is 5.92 Å². The van der Waals surface area contributed by atoms with E-state index in [4.69, 9.17) is 0 Å². The third-order valence-corrected chi connectivity index (χ3v) is 5.39. The average Bonchev–Trinajstić information content (AvgIpc) is 2.85. The minimum absolute atomic E-state index is 0.124. The van der Waals surface area contributed by atoms with Crippen LogP contribution in [0.15, 0.2) is 0 Å². The van der Waals surface area contributed by atoms with Gasteiger partial charge in [0.2, 0.25) is 5.91 Å². The minimum Gasteiger partial charge on any atom is -0.341 e. The number of hydrogen-bond acceptors (Lipinski definition) is 3. The van der Waals surface area contributed by atoms with E-state index < -0.39 is 0 Å². The number of carbonyl (C=O) groups excluding carboxylic acids is 1. The van der Waals surface area contributed by atoms with Gasteiger partial charge in [0.05, 0.1) is 6.04 Å². The van der Waals surface area contributed by atoms with Crippen LogP contribution in [-0.2, 0) is 4.79 Å². The fraction of sp³-hybridized carbons (Fsp3) is 0.933. The van der Waals surface area contributed by atoms with Gasteiger partial charge >= 0.3 is 0 Å². The fourth-order valence-electron chi connectivity index (χ4n) is 3.24. The second-order valence-electron chi connectivity index (χ2n) is 6.42. The highest BCUT2D eigenvalue weighted by atomic mass is 32.2. The molecule has 0 spiro atoms. The first-order valence-electron chi connectivity index (χ1n) is 7.68. The Kier molecular flexibility index (Phi) is 5.58. The predicted octanol–water partition coefficient (Wildman–Crippen LogP) is 2.81. The lowest BCUT2D eigenvalue weighted by Gasteiger charge is -2.35. The average molecular weight is 284 g/mol. The zero-order valence-electron chi connectivity index (χ0n) is 12.6. The molecular weight excluding hydrogens is 256 g/mol. The van der Waals surface area contributed by atoms with Gasteiger partial charge in [-0.2, -0.15) is 0 Å². The molecule has 4 heteroatoms. The molecule has 0 bridgehead atoms. The molecule has 0 aromatic heterocycles. The van der Waals surface area contributed by atoms with Crippen molar-refractivity contribution in [1.29, 1.82) is 0 Å². The van der Waals surface area contributed by atoms with Gasteiger partial charge in [-0.3, -0.25) is 9.69 Å². The molecule has 2 fully saturated rings. The summed E-state index contributed by atoms with van der Waals surface area (Å²) in [6, 6.07) is 0.618. The van der Waals surface area contributed by atoms with Crippen molar-refractivity contribution in [3.63, 3.8) is 0 Å². The summed E-state index contributed by atoms with van der Waals surface area (Å²) in [5.74, 6) is 2.99. The van der Waals surface area contributed by atoms with E-state index in [-0.39, 0.29) is 6.04 Å². The van der Waals surface area contributed by atoms with Crippen molar-refractivity contribution in [1.82, 2.24) is 9.80 Å². The molecule has 0 unspecified atom stereocenters. The Hall–Kier alpha value is -0.220. The molecule has 1 aliphatic carbocycles. The van der Waals surface area contributed by atoms with Crippen molar-refractivity contribution in [3.05, 3.63) is 0 Å². The number of thioether (sulfide) groups is 1. The Morgan fingerprint density at radius 3 is 2.63 bits per heavy atom. The zero-order valence-corrected chi connectivity index (χ0v) is 13.4. The largest absolute Gasteiger partial charge is 0.341 e. The molecule has 1 amide bonds. The maximum Gasteiger partial charge on any atom is 0.240 e. The lowest BCUT2D eigenvalue weighted by atomic mass is 9.94. The van der Waals surface area contributed by atoms with E-state index in [0.29, 0.717) is 17.9 Å². The number of amides is 1. The Balaban J connectivity index is 1.93. The van der Waals surface area contributed by atoms with Crippen molar-refractivity contribution < 1.29 is 4.79 Å². The quantitative estimate of drug-likeness (QED) is 0.793. The highest BCUT2D eigenvalue weighted by molar-refractivity contribution is 7.99. The molecule has 1 atom stereocenters. The predicted molar refractivity (Wildman–Crippen MR) is 82.3 cm³/mol. The van der Waals surface area contributed by atoms with Gasteiger partial charge < -0.3 is 4.90 Å². The van der Waals surface area contributed by atoms with E-state index in [9.17, 15) is 4.79 Å². The monoisotopic (exact) mass is 284 g/mol. The van der Waals surface area contributed by atoms with Crippen LogP contribution in [0.3, 0.4) is 0 Å². The van der Waals surface area contributed by atoms with Crippen LogP contribution < -0.4 is 0 Å². The lowest BCUT2D eigenvalue weighted by molar-refractivity contribution is -0.137. The molecule has 0 aromatic carbocycles. The van der Waals surface area contributed by atoms with Crippen molar-refractivity contribution in [2.75, 3.05) is 25.2 Å². The molecule has 0 N–H and O–H groups in total. The zero-order chi connectivity index (χ0) is 13.8. The Bertz CT molecular complexity index is 303. The van der Waals surface area contributed by atoms with Crippen LogP contribution in [0.2, 0.25) is 0 Å². The number of likely N-dealkylation sites (N-methyl/N-ethyl adjacent to an activating group) is 1. The summed E-state index contributed by atoms with van der Waals surface area (Å²) < 4.78 is 0. The van der Waals surface area contributed by atoms with E-state index in [1.165, 1.54) is 32.1 Å².